The third-order valence-electron chi connectivity index (χ3n) is 5.58. The van der Waals surface area contributed by atoms with Gasteiger partial charge in [-0.15, -0.1) is 11.8 Å². The first-order chi connectivity index (χ1) is 15.8. The number of carbonyl (C=O) groups excluding carboxylic acids is 1. The van der Waals surface area contributed by atoms with Crippen molar-refractivity contribution in [3.63, 3.8) is 0 Å². The Bertz CT molecular complexity index is 1210. The van der Waals surface area contributed by atoms with E-state index in [1.165, 1.54) is 17.8 Å². The van der Waals surface area contributed by atoms with Gasteiger partial charge in [0.15, 0.2) is 23.2 Å². The minimum absolute atomic E-state index is 0.0764. The number of amides is 1. The van der Waals surface area contributed by atoms with Crippen molar-refractivity contribution in [2.45, 2.75) is 29.6 Å². The van der Waals surface area contributed by atoms with E-state index in [4.69, 9.17) is 9.47 Å². The Morgan fingerprint density at radius 1 is 1.18 bits per heavy atom. The molecule has 0 fully saturated rings. The number of nitrogens with one attached hydrogen (secondary N) is 2. The number of para-hydroxylation sites is 1. The number of alkyl halides is 3. The summed E-state index contributed by atoms with van der Waals surface area (Å²) in [6.07, 6.45) is -2.96. The highest BCUT2D eigenvalue weighted by Gasteiger charge is 2.47. The fourth-order valence-electron chi connectivity index (χ4n) is 3.97. The molecule has 0 spiro atoms. The summed E-state index contributed by atoms with van der Waals surface area (Å²) in [7, 11) is 0. The Morgan fingerprint density at radius 2 is 1.97 bits per heavy atom. The van der Waals surface area contributed by atoms with Crippen molar-refractivity contribution < 1.29 is 27.4 Å². The van der Waals surface area contributed by atoms with Crippen LogP contribution in [-0.4, -0.2) is 34.9 Å². The lowest BCUT2D eigenvalue weighted by atomic mass is 9.96. The van der Waals surface area contributed by atoms with E-state index in [9.17, 15) is 18.0 Å². The summed E-state index contributed by atoms with van der Waals surface area (Å²) < 4.78 is 53.3. The Balaban J connectivity index is 1.45. The average Bonchev–Trinajstić information content (AvgIpc) is 3.44. The molecule has 0 radical (unpaired) electrons. The van der Waals surface area contributed by atoms with Crippen LogP contribution in [0.2, 0.25) is 0 Å². The molecule has 33 heavy (non-hydrogen) atoms. The van der Waals surface area contributed by atoms with Crippen LogP contribution in [0.1, 0.15) is 34.6 Å². The van der Waals surface area contributed by atoms with Crippen LogP contribution < -0.4 is 20.1 Å². The van der Waals surface area contributed by atoms with Crippen LogP contribution >= 0.6 is 11.8 Å². The molecule has 7 nitrogen and oxygen atoms in total. The van der Waals surface area contributed by atoms with Gasteiger partial charge >= 0.3 is 6.18 Å². The van der Waals surface area contributed by atoms with E-state index in [2.05, 4.69) is 15.7 Å². The predicted molar refractivity (Wildman–Crippen MR) is 117 cm³/mol. The molecule has 1 aromatic heterocycles. The molecular weight excluding hydrogens is 457 g/mol. The lowest BCUT2D eigenvalue weighted by molar-refractivity contribution is -0.173. The first kappa shape index (κ1) is 21.5. The van der Waals surface area contributed by atoms with Crippen molar-refractivity contribution in [1.29, 1.82) is 0 Å². The summed E-state index contributed by atoms with van der Waals surface area (Å²) in [6, 6.07) is 11.0. The van der Waals surface area contributed by atoms with E-state index in [-0.39, 0.29) is 24.7 Å². The van der Waals surface area contributed by atoms with Gasteiger partial charge in [0.05, 0.1) is 11.7 Å². The highest BCUT2D eigenvalue weighted by atomic mass is 32.2. The molecule has 0 unspecified atom stereocenters. The molecular formula is C22H19F3N4O3S. The van der Waals surface area contributed by atoms with Gasteiger partial charge in [0.2, 0.25) is 6.79 Å². The lowest BCUT2D eigenvalue weighted by Crippen LogP contribution is -2.35. The third-order valence-corrected chi connectivity index (χ3v) is 6.37. The van der Waals surface area contributed by atoms with Crippen molar-refractivity contribution >= 4 is 29.2 Å². The highest BCUT2D eigenvalue weighted by molar-refractivity contribution is 7.98. The van der Waals surface area contributed by atoms with E-state index < -0.39 is 24.2 Å². The number of anilines is 2. The maximum absolute atomic E-state index is 13.9. The predicted octanol–water partition coefficient (Wildman–Crippen LogP) is 5.25. The summed E-state index contributed by atoms with van der Waals surface area (Å²) >= 11 is 1.45. The van der Waals surface area contributed by atoms with Crippen molar-refractivity contribution in [3.8, 4) is 11.5 Å². The molecule has 0 saturated carbocycles. The normalized spacial score (nSPS) is 19.0. The van der Waals surface area contributed by atoms with Crippen LogP contribution in [0.4, 0.5) is 24.7 Å². The molecule has 2 aliphatic heterocycles. The number of halogens is 3. The molecule has 11 heteroatoms. The smallest absolute Gasteiger partial charge is 0.410 e. The second-order valence-corrected chi connectivity index (χ2v) is 8.46. The van der Waals surface area contributed by atoms with Gasteiger partial charge in [0.1, 0.15) is 5.82 Å². The molecule has 0 aliphatic carbocycles. The van der Waals surface area contributed by atoms with Crippen molar-refractivity contribution in [1.82, 2.24) is 9.78 Å². The highest BCUT2D eigenvalue weighted by Crippen LogP contribution is 2.45. The van der Waals surface area contributed by atoms with Gasteiger partial charge in [-0.2, -0.15) is 18.3 Å². The first-order valence-electron chi connectivity index (χ1n) is 10.1. The fraction of sp³-hybridized carbons (Fsp3) is 0.273. The number of thioether (sulfide) groups is 1. The number of fused-ring (bicyclic) bond motifs is 2. The largest absolute Gasteiger partial charge is 0.454 e. The molecule has 0 saturated heterocycles. The van der Waals surface area contributed by atoms with Gasteiger partial charge in [-0.25, -0.2) is 4.68 Å². The van der Waals surface area contributed by atoms with Crippen molar-refractivity contribution in [2.75, 3.05) is 23.7 Å². The van der Waals surface area contributed by atoms with Crippen LogP contribution in [0.5, 0.6) is 11.5 Å². The fourth-order valence-corrected chi connectivity index (χ4v) is 4.52. The van der Waals surface area contributed by atoms with E-state index in [1.54, 1.807) is 30.3 Å². The monoisotopic (exact) mass is 476 g/mol. The van der Waals surface area contributed by atoms with Crippen molar-refractivity contribution in [2.24, 2.45) is 0 Å². The third kappa shape index (κ3) is 4.08. The molecule has 2 aliphatic rings. The number of nitrogens with zero attached hydrogens (tertiary/aromatic N) is 2. The van der Waals surface area contributed by atoms with E-state index in [0.717, 1.165) is 9.58 Å². The zero-order valence-corrected chi connectivity index (χ0v) is 18.2. The maximum atomic E-state index is 13.9. The molecule has 0 bridgehead atoms. The van der Waals surface area contributed by atoms with Gasteiger partial charge in [0.25, 0.3) is 5.91 Å². The van der Waals surface area contributed by atoms with E-state index in [0.29, 0.717) is 22.7 Å². The Hall–Kier alpha value is -3.34. The van der Waals surface area contributed by atoms with Crippen LogP contribution in [0, 0.1) is 0 Å². The summed E-state index contributed by atoms with van der Waals surface area (Å²) in [5.74, 6) is 0.580. The van der Waals surface area contributed by atoms with Crippen LogP contribution in [0.25, 0.3) is 0 Å². The minimum atomic E-state index is -4.54. The summed E-state index contributed by atoms with van der Waals surface area (Å²) in [4.78, 5) is 13.6. The van der Waals surface area contributed by atoms with Gasteiger partial charge < -0.3 is 20.1 Å². The molecule has 2 N–H and O–H groups in total. The number of hydrogen-bond donors (Lipinski definition) is 2. The second-order valence-electron chi connectivity index (χ2n) is 7.62. The maximum Gasteiger partial charge on any atom is 0.410 e. The van der Waals surface area contributed by atoms with Gasteiger partial charge in [-0.05, 0) is 36.1 Å². The Morgan fingerprint density at radius 3 is 2.76 bits per heavy atom. The summed E-state index contributed by atoms with van der Waals surface area (Å²) in [5, 5.41) is 9.83. The number of carbonyl (C=O) groups is 1. The molecule has 3 heterocycles. The molecule has 2 aromatic carbocycles. The second kappa shape index (κ2) is 8.22. The first-order valence-corrected chi connectivity index (χ1v) is 11.3. The topological polar surface area (TPSA) is 77.4 Å². The lowest BCUT2D eigenvalue weighted by Gasteiger charge is -2.33. The van der Waals surface area contributed by atoms with E-state index >= 15 is 0 Å². The Kier molecular flexibility index (Phi) is 5.35. The number of ether oxygens (including phenoxy) is 2. The van der Waals surface area contributed by atoms with Gasteiger partial charge in [0, 0.05) is 17.4 Å². The SMILES string of the molecule is CSc1ccccc1NC(=O)c1cc2n(n1)[C@@H](C(F)(F)F)C[C@H](c1ccc3c(c1)OCO3)N2. The number of hydrogen-bond acceptors (Lipinski definition) is 6. The molecule has 1 amide bonds. The number of rotatable bonds is 4. The van der Waals surface area contributed by atoms with Gasteiger partial charge in [-0.1, -0.05) is 18.2 Å². The molecule has 2 atom stereocenters. The number of benzene rings is 2. The van der Waals surface area contributed by atoms with Crippen LogP contribution in [-0.2, 0) is 0 Å². The van der Waals surface area contributed by atoms with Gasteiger partial charge in [-0.3, -0.25) is 4.79 Å². The van der Waals surface area contributed by atoms with Crippen LogP contribution in [0.3, 0.4) is 0 Å². The zero-order chi connectivity index (χ0) is 23.2. The summed E-state index contributed by atoms with van der Waals surface area (Å²) in [6.45, 7) is 0.0764. The molecule has 3 aromatic rings. The summed E-state index contributed by atoms with van der Waals surface area (Å²) in [5.41, 5.74) is 1.09. The zero-order valence-electron chi connectivity index (χ0n) is 17.3. The Labute approximate surface area is 191 Å². The standard InChI is InChI=1S/C22H19F3N4O3S/c1-33-18-5-3-2-4-13(18)27-21(30)15-10-20-26-14(9-19(22(23,24)25)29(20)28-15)12-6-7-16-17(8-12)32-11-31-16/h2-8,10,14,19,26H,9,11H2,1H3,(H,27,30)/t14-,19-/m1/s1. The molecule has 172 valence electrons. The molecule has 5 rings (SSSR count). The quantitative estimate of drug-likeness (QED) is 0.501. The van der Waals surface area contributed by atoms with E-state index in [1.807, 2.05) is 18.4 Å². The minimum Gasteiger partial charge on any atom is -0.454 e. The van der Waals surface area contributed by atoms with Crippen LogP contribution in [0.15, 0.2) is 53.4 Å². The van der Waals surface area contributed by atoms with Crippen molar-refractivity contribution in [3.05, 3.63) is 59.8 Å². The average molecular weight is 476 g/mol. The number of aromatic nitrogens is 2.